The summed E-state index contributed by atoms with van der Waals surface area (Å²) < 4.78 is 16.7. The zero-order chi connectivity index (χ0) is 48.6. The molecule has 0 spiro atoms. The standard InChI is InChI=1S/C61H96O6/c1-4-7-10-13-16-19-22-25-28-30-33-36-39-42-45-48-51-54-60(63)66-57-58(56-65-59(62)53-50-47-44-41-38-35-32-27-24-21-18-15-12-9-6-3)67-61(64)55-52-49-46-43-40-37-34-31-29-26-23-20-17-14-11-8-5-2/h7-8,10-11,16-17,19-21,24-26,28-29,33-34,36-37,42-43,45-46,58H,4-6,9,12-15,18,22-23,27,30-32,35,38-41,44,47-57H2,1-3H3/b10-7-,11-8-,19-16-,20-17-,24-21-,28-25-,29-26-,36-33-,37-34-,45-42-,46-43-. The van der Waals surface area contributed by atoms with Crippen LogP contribution < -0.4 is 0 Å². The molecule has 0 heterocycles. The van der Waals surface area contributed by atoms with Crippen LogP contribution in [0, 0.1) is 0 Å². The smallest absolute Gasteiger partial charge is 0.306 e. The topological polar surface area (TPSA) is 78.9 Å². The first-order valence-electron chi connectivity index (χ1n) is 26.7. The lowest BCUT2D eigenvalue weighted by Gasteiger charge is -2.18. The van der Waals surface area contributed by atoms with Crippen molar-refractivity contribution in [1.82, 2.24) is 0 Å². The number of carbonyl (C=O) groups is 3. The molecule has 0 rings (SSSR count). The van der Waals surface area contributed by atoms with E-state index in [0.717, 1.165) is 96.3 Å². The lowest BCUT2D eigenvalue weighted by atomic mass is 10.1. The Bertz CT molecular complexity index is 1480. The van der Waals surface area contributed by atoms with Crippen molar-refractivity contribution in [3.05, 3.63) is 134 Å². The molecule has 0 saturated carbocycles. The number of hydrogen-bond acceptors (Lipinski definition) is 6. The summed E-state index contributed by atoms with van der Waals surface area (Å²) in [5.74, 6) is -1.06. The molecule has 0 aliphatic rings. The minimum absolute atomic E-state index is 0.125. The second kappa shape index (κ2) is 54.2. The number of allylic oxidation sites excluding steroid dienone is 22. The summed E-state index contributed by atoms with van der Waals surface area (Å²) in [4.78, 5) is 38.0. The van der Waals surface area contributed by atoms with Gasteiger partial charge in [0.15, 0.2) is 6.10 Å². The molecular weight excluding hydrogens is 829 g/mol. The van der Waals surface area contributed by atoms with Gasteiger partial charge in [-0.15, -0.1) is 0 Å². The zero-order valence-electron chi connectivity index (χ0n) is 42.9. The van der Waals surface area contributed by atoms with E-state index >= 15 is 0 Å². The SMILES string of the molecule is CC/C=C\C/C=C\C/C=C\C/C=C\C/C=C\CCCC(=O)OCC(COC(=O)CCCCCCCCC/C=C\CCCCCC)OC(=O)CCC/C=C\C/C=C\C/C=C\C/C=C\C/C=C\CC. The van der Waals surface area contributed by atoms with Gasteiger partial charge in [-0.2, -0.15) is 0 Å². The summed E-state index contributed by atoms with van der Waals surface area (Å²) >= 11 is 0. The van der Waals surface area contributed by atoms with Crippen LogP contribution in [0.1, 0.15) is 213 Å². The Morgan fingerprint density at radius 1 is 0.313 bits per heavy atom. The average Bonchev–Trinajstić information content (AvgIpc) is 3.33. The van der Waals surface area contributed by atoms with Gasteiger partial charge < -0.3 is 14.2 Å². The highest BCUT2D eigenvalue weighted by atomic mass is 16.6. The lowest BCUT2D eigenvalue weighted by Crippen LogP contribution is -2.30. The fraction of sp³-hybridized carbons (Fsp3) is 0.590. The van der Waals surface area contributed by atoms with Gasteiger partial charge in [0.2, 0.25) is 0 Å². The molecule has 0 fully saturated rings. The summed E-state index contributed by atoms with van der Waals surface area (Å²) in [5, 5.41) is 0. The van der Waals surface area contributed by atoms with Crippen LogP contribution >= 0.6 is 0 Å². The molecular formula is C61H96O6. The number of unbranched alkanes of at least 4 members (excludes halogenated alkanes) is 13. The molecule has 0 saturated heterocycles. The second-order valence-electron chi connectivity index (χ2n) is 17.0. The summed E-state index contributed by atoms with van der Waals surface area (Å²) in [5.41, 5.74) is 0. The van der Waals surface area contributed by atoms with Crippen LogP contribution in [-0.4, -0.2) is 37.2 Å². The monoisotopic (exact) mass is 925 g/mol. The maximum atomic E-state index is 12.8. The van der Waals surface area contributed by atoms with Gasteiger partial charge in [0.05, 0.1) is 0 Å². The minimum Gasteiger partial charge on any atom is -0.462 e. The van der Waals surface area contributed by atoms with E-state index in [0.29, 0.717) is 19.3 Å². The van der Waals surface area contributed by atoms with E-state index in [1.165, 1.54) is 64.2 Å². The number of hydrogen-bond donors (Lipinski definition) is 0. The largest absolute Gasteiger partial charge is 0.462 e. The van der Waals surface area contributed by atoms with E-state index in [4.69, 9.17) is 14.2 Å². The third-order valence-corrected chi connectivity index (χ3v) is 10.6. The van der Waals surface area contributed by atoms with Crippen LogP contribution in [0.5, 0.6) is 0 Å². The van der Waals surface area contributed by atoms with Gasteiger partial charge in [0.25, 0.3) is 0 Å². The van der Waals surface area contributed by atoms with Gasteiger partial charge in [0, 0.05) is 19.3 Å². The van der Waals surface area contributed by atoms with Crippen molar-refractivity contribution >= 4 is 17.9 Å². The van der Waals surface area contributed by atoms with Crippen molar-refractivity contribution < 1.29 is 28.6 Å². The Hall–Kier alpha value is -4.45. The average molecular weight is 925 g/mol. The van der Waals surface area contributed by atoms with Crippen molar-refractivity contribution in [1.29, 1.82) is 0 Å². The molecule has 1 unspecified atom stereocenters. The normalized spacial score (nSPS) is 13.2. The van der Waals surface area contributed by atoms with Crippen LogP contribution in [0.15, 0.2) is 134 Å². The molecule has 376 valence electrons. The molecule has 0 aromatic rings. The van der Waals surface area contributed by atoms with E-state index in [-0.39, 0.29) is 44.0 Å². The van der Waals surface area contributed by atoms with Crippen LogP contribution in [0.3, 0.4) is 0 Å². The van der Waals surface area contributed by atoms with Gasteiger partial charge in [-0.25, -0.2) is 0 Å². The van der Waals surface area contributed by atoms with Crippen LogP contribution in [-0.2, 0) is 28.6 Å². The Balaban J connectivity index is 4.60. The van der Waals surface area contributed by atoms with Crippen molar-refractivity contribution in [3.63, 3.8) is 0 Å². The second-order valence-corrected chi connectivity index (χ2v) is 17.0. The molecule has 0 aromatic carbocycles. The fourth-order valence-electron chi connectivity index (χ4n) is 6.68. The third kappa shape index (κ3) is 52.4. The lowest BCUT2D eigenvalue weighted by molar-refractivity contribution is -0.167. The van der Waals surface area contributed by atoms with E-state index in [1.807, 2.05) is 0 Å². The van der Waals surface area contributed by atoms with Gasteiger partial charge in [-0.05, 0) is 122 Å². The first kappa shape index (κ1) is 62.5. The third-order valence-electron chi connectivity index (χ3n) is 10.6. The fourth-order valence-corrected chi connectivity index (χ4v) is 6.68. The first-order chi connectivity index (χ1) is 33.0. The molecule has 1 atom stereocenters. The van der Waals surface area contributed by atoms with Crippen molar-refractivity contribution in [3.8, 4) is 0 Å². The Kier molecular flexibility index (Phi) is 50.6. The molecule has 67 heavy (non-hydrogen) atoms. The van der Waals surface area contributed by atoms with E-state index in [2.05, 4.69) is 154 Å². The number of esters is 3. The van der Waals surface area contributed by atoms with Gasteiger partial charge >= 0.3 is 17.9 Å². The minimum atomic E-state index is -0.837. The maximum absolute atomic E-state index is 12.8. The predicted molar refractivity (Wildman–Crippen MR) is 288 cm³/mol. The highest BCUT2D eigenvalue weighted by molar-refractivity contribution is 5.71. The molecule has 0 aliphatic heterocycles. The van der Waals surface area contributed by atoms with Crippen molar-refractivity contribution in [2.45, 2.75) is 219 Å². The molecule has 0 radical (unpaired) electrons. The summed E-state index contributed by atoms with van der Waals surface area (Å²) in [7, 11) is 0. The van der Waals surface area contributed by atoms with Crippen molar-refractivity contribution in [2.75, 3.05) is 13.2 Å². The van der Waals surface area contributed by atoms with Gasteiger partial charge in [-0.1, -0.05) is 206 Å². The van der Waals surface area contributed by atoms with Crippen LogP contribution in [0.4, 0.5) is 0 Å². The molecule has 0 amide bonds. The predicted octanol–water partition coefficient (Wildman–Crippen LogP) is 17.9. The molecule has 0 N–H and O–H groups in total. The van der Waals surface area contributed by atoms with Crippen LogP contribution in [0.25, 0.3) is 0 Å². The Morgan fingerprint density at radius 3 is 0.985 bits per heavy atom. The zero-order valence-corrected chi connectivity index (χ0v) is 42.9. The van der Waals surface area contributed by atoms with E-state index in [1.54, 1.807) is 0 Å². The molecule has 0 aromatic heterocycles. The molecule has 0 aliphatic carbocycles. The number of ether oxygens (including phenoxy) is 3. The Morgan fingerprint density at radius 2 is 0.597 bits per heavy atom. The van der Waals surface area contributed by atoms with E-state index in [9.17, 15) is 14.4 Å². The van der Waals surface area contributed by atoms with E-state index < -0.39 is 6.10 Å². The molecule has 6 nitrogen and oxygen atoms in total. The molecule has 6 heteroatoms. The van der Waals surface area contributed by atoms with Crippen LogP contribution in [0.2, 0.25) is 0 Å². The molecule has 0 bridgehead atoms. The highest BCUT2D eigenvalue weighted by Crippen LogP contribution is 2.12. The Labute approximate surface area is 411 Å². The summed E-state index contributed by atoms with van der Waals surface area (Å²) in [6.45, 7) is 6.28. The maximum Gasteiger partial charge on any atom is 0.306 e. The summed E-state index contributed by atoms with van der Waals surface area (Å²) in [6, 6.07) is 0. The number of carbonyl (C=O) groups excluding carboxylic acids is 3. The van der Waals surface area contributed by atoms with Crippen molar-refractivity contribution in [2.24, 2.45) is 0 Å². The summed E-state index contributed by atoms with van der Waals surface area (Å²) in [6.07, 6.45) is 75.9. The quantitative estimate of drug-likeness (QED) is 0.0262. The first-order valence-corrected chi connectivity index (χ1v) is 26.7. The highest BCUT2D eigenvalue weighted by Gasteiger charge is 2.19. The van der Waals surface area contributed by atoms with Gasteiger partial charge in [0.1, 0.15) is 13.2 Å². The number of rotatable bonds is 46. The van der Waals surface area contributed by atoms with Gasteiger partial charge in [-0.3, -0.25) is 14.4 Å².